The molecule has 3 N–H and O–H groups in total. The first kappa shape index (κ1) is 6.63. The van der Waals surface area contributed by atoms with Crippen molar-refractivity contribution in [2.45, 2.75) is 6.04 Å². The largest absolute Gasteiger partial charge is 0.390 e. The lowest BCUT2D eigenvalue weighted by molar-refractivity contribution is 1.11. The number of rotatable bonds is 2. The van der Waals surface area contributed by atoms with E-state index in [1.54, 1.807) is 6.07 Å². The van der Waals surface area contributed by atoms with Gasteiger partial charge in [-0.25, -0.2) is 0 Å². The van der Waals surface area contributed by atoms with Gasteiger partial charge in [0.1, 0.15) is 0 Å². The highest BCUT2D eigenvalue weighted by molar-refractivity contribution is 5.68. The van der Waals surface area contributed by atoms with Gasteiger partial charge in [0.05, 0.1) is 12.4 Å². The van der Waals surface area contributed by atoms with Crippen molar-refractivity contribution in [2.75, 3.05) is 0 Å². The molecule has 0 aliphatic carbocycles. The van der Waals surface area contributed by atoms with E-state index in [4.69, 9.17) is 16.4 Å². The van der Waals surface area contributed by atoms with Crippen molar-refractivity contribution < 1.29 is 0 Å². The maximum Gasteiger partial charge on any atom is 0.172 e. The zero-order valence-electron chi connectivity index (χ0n) is 4.20. The molecule has 1 unspecified atom stereocenters. The van der Waals surface area contributed by atoms with E-state index in [0.717, 1.165) is 12.6 Å². The zero-order chi connectivity index (χ0) is 6.41. The fourth-order valence-corrected chi connectivity index (χ4v) is 0.206. The molecule has 0 aromatic carbocycles. The van der Waals surface area contributed by atoms with Gasteiger partial charge in [-0.3, -0.25) is 4.99 Å². The van der Waals surface area contributed by atoms with E-state index in [2.05, 4.69) is 4.99 Å². The van der Waals surface area contributed by atoms with Gasteiger partial charge in [0.2, 0.25) is 0 Å². The maximum absolute atomic E-state index is 8.09. The Labute approximate surface area is 47.1 Å². The third-order valence-corrected chi connectivity index (χ3v) is 0.537. The molecule has 0 saturated heterocycles. The Morgan fingerprint density at radius 3 is 2.62 bits per heavy atom. The molecular weight excluding hydrogens is 104 g/mol. The van der Waals surface area contributed by atoms with Gasteiger partial charge in [0.15, 0.2) is 6.04 Å². The van der Waals surface area contributed by atoms with Crippen molar-refractivity contribution in [3.63, 3.8) is 0 Å². The summed E-state index contributed by atoms with van der Waals surface area (Å²) in [6.45, 7) is 0. The molecule has 0 rings (SSSR count). The number of nitrogens with one attached hydrogen (secondary N) is 1. The zero-order valence-corrected chi connectivity index (χ0v) is 4.20. The average molecular weight is 110 g/mol. The van der Waals surface area contributed by atoms with Gasteiger partial charge in [0.25, 0.3) is 0 Å². The van der Waals surface area contributed by atoms with Gasteiger partial charge in [-0.15, -0.1) is 0 Å². The highest BCUT2D eigenvalue weighted by atomic mass is 14.8. The van der Waals surface area contributed by atoms with Gasteiger partial charge < -0.3 is 11.1 Å². The molecule has 0 amide bonds. The Morgan fingerprint density at radius 2 is 2.50 bits per heavy atom. The topological polar surface area (TPSA) is 86.0 Å². The van der Waals surface area contributed by atoms with E-state index in [9.17, 15) is 0 Å². The molecule has 0 aromatic heterocycles. The number of nitrogens with two attached hydrogens (primary N) is 1. The fraction of sp³-hybridized carbons (Fsp3) is 0.250. The van der Waals surface area contributed by atoms with Gasteiger partial charge in [-0.2, -0.15) is 5.26 Å². The highest BCUT2D eigenvalue weighted by Crippen LogP contribution is 1.77. The molecule has 1 atom stereocenters. The third-order valence-electron chi connectivity index (χ3n) is 0.537. The van der Waals surface area contributed by atoms with Gasteiger partial charge in [-0.1, -0.05) is 0 Å². The van der Waals surface area contributed by atoms with Crippen molar-refractivity contribution in [1.29, 1.82) is 10.7 Å². The lowest BCUT2D eigenvalue weighted by Crippen LogP contribution is -2.03. The van der Waals surface area contributed by atoms with E-state index in [1.807, 2.05) is 0 Å². The third kappa shape index (κ3) is 1.92. The van der Waals surface area contributed by atoms with Crippen LogP contribution < -0.4 is 5.73 Å². The second kappa shape index (κ2) is 3.81. The highest BCUT2D eigenvalue weighted by Gasteiger charge is 1.92. The van der Waals surface area contributed by atoms with Gasteiger partial charge in [-0.05, 0) is 0 Å². The van der Waals surface area contributed by atoms with Crippen molar-refractivity contribution in [3.05, 3.63) is 0 Å². The fourth-order valence-electron chi connectivity index (χ4n) is 0.206. The van der Waals surface area contributed by atoms with E-state index >= 15 is 0 Å². The molecule has 0 bridgehead atoms. The summed E-state index contributed by atoms with van der Waals surface area (Å²) in [6, 6.07) is 1.02. The predicted molar refractivity (Wildman–Crippen MR) is 30.9 cm³/mol. The van der Waals surface area contributed by atoms with E-state index in [0.29, 0.717) is 0 Å². The number of nitriles is 1. The van der Waals surface area contributed by atoms with Gasteiger partial charge >= 0.3 is 0 Å². The molecular formula is C4H6N4. The number of hydrogen-bond donors (Lipinski definition) is 2. The van der Waals surface area contributed by atoms with E-state index in [1.165, 1.54) is 0 Å². The Hall–Kier alpha value is -1.37. The summed E-state index contributed by atoms with van der Waals surface area (Å²) < 4.78 is 0. The first-order valence-corrected chi connectivity index (χ1v) is 1.98. The van der Waals surface area contributed by atoms with Gasteiger partial charge in [0, 0.05) is 6.21 Å². The van der Waals surface area contributed by atoms with Crippen molar-refractivity contribution in [2.24, 2.45) is 10.7 Å². The number of aliphatic imine (C=N–C) groups is 1. The van der Waals surface area contributed by atoms with Crippen LogP contribution in [0.1, 0.15) is 0 Å². The smallest absolute Gasteiger partial charge is 0.172 e. The Bertz CT molecular complexity index is 131. The normalized spacial score (nSPS) is 12.9. The summed E-state index contributed by atoms with van der Waals surface area (Å²) in [5.74, 6) is 0. The summed E-state index contributed by atoms with van der Waals surface area (Å²) in [6.07, 6.45) is 1.93. The lowest BCUT2D eigenvalue weighted by atomic mass is 10.4. The number of nitrogens with zero attached hydrogens (tertiary/aromatic N) is 2. The van der Waals surface area contributed by atoms with Crippen LogP contribution in [-0.2, 0) is 0 Å². The summed E-state index contributed by atoms with van der Waals surface area (Å²) in [5, 5.41) is 14.6. The molecule has 4 heteroatoms. The van der Waals surface area contributed by atoms with E-state index in [-0.39, 0.29) is 0 Å². The van der Waals surface area contributed by atoms with Crippen LogP contribution in [0.2, 0.25) is 0 Å². The maximum atomic E-state index is 8.09. The minimum absolute atomic E-state index is 0.708. The molecule has 0 aromatic rings. The summed E-state index contributed by atoms with van der Waals surface area (Å²) >= 11 is 0. The Balaban J connectivity index is 3.75. The molecule has 0 heterocycles. The first-order valence-electron chi connectivity index (χ1n) is 1.98. The summed E-state index contributed by atoms with van der Waals surface area (Å²) in [5.41, 5.74) is 4.83. The molecule has 42 valence electrons. The van der Waals surface area contributed by atoms with Crippen molar-refractivity contribution in [3.8, 4) is 6.07 Å². The minimum atomic E-state index is -0.708. The van der Waals surface area contributed by atoms with Crippen LogP contribution in [0.4, 0.5) is 0 Å². The Morgan fingerprint density at radius 1 is 1.88 bits per heavy atom. The van der Waals surface area contributed by atoms with Crippen molar-refractivity contribution >= 4 is 12.6 Å². The van der Waals surface area contributed by atoms with Crippen LogP contribution in [0.25, 0.3) is 0 Å². The second-order valence-electron chi connectivity index (χ2n) is 1.04. The predicted octanol–water partition coefficient (Wildman–Crippen LogP) is -0.485. The molecule has 4 nitrogen and oxygen atoms in total. The molecule has 0 aliphatic rings. The molecule has 0 aliphatic heterocycles. The first-order chi connectivity index (χ1) is 3.85. The molecule has 0 fully saturated rings. The van der Waals surface area contributed by atoms with Crippen molar-refractivity contribution in [1.82, 2.24) is 0 Å². The average Bonchev–Trinajstić information content (AvgIpc) is 1.83. The van der Waals surface area contributed by atoms with E-state index < -0.39 is 6.04 Å². The van der Waals surface area contributed by atoms with Crippen LogP contribution >= 0.6 is 0 Å². The SMILES string of the molecule is N#CC(C=N)N=CN. The van der Waals surface area contributed by atoms with Crippen LogP contribution in [-0.4, -0.2) is 18.6 Å². The molecule has 8 heavy (non-hydrogen) atoms. The summed E-state index contributed by atoms with van der Waals surface area (Å²) in [7, 11) is 0. The molecule has 0 radical (unpaired) electrons. The Kier molecular flexibility index (Phi) is 3.16. The molecule has 0 spiro atoms. The second-order valence-corrected chi connectivity index (χ2v) is 1.04. The quantitative estimate of drug-likeness (QED) is 0.371. The van der Waals surface area contributed by atoms with Crippen LogP contribution in [0.15, 0.2) is 4.99 Å². The van der Waals surface area contributed by atoms with Crippen LogP contribution in [0, 0.1) is 16.7 Å². The van der Waals surface area contributed by atoms with Crippen LogP contribution in [0.3, 0.4) is 0 Å². The van der Waals surface area contributed by atoms with Crippen LogP contribution in [0.5, 0.6) is 0 Å². The minimum Gasteiger partial charge on any atom is -0.390 e. The summed E-state index contributed by atoms with van der Waals surface area (Å²) in [4.78, 5) is 3.41. The number of hydrogen-bond acceptors (Lipinski definition) is 3. The monoisotopic (exact) mass is 110 g/mol. The lowest BCUT2D eigenvalue weighted by Gasteiger charge is -1.86. The standard InChI is InChI=1S/C4H6N4/c5-1-4(2-6)8-3-7/h1,3-5H,(H2,7,8). The molecule has 0 saturated carbocycles.